The zero-order valence-electron chi connectivity index (χ0n) is 10.8. The molecule has 1 rings (SSSR count). The molecule has 0 aromatic heterocycles. The SMILES string of the molecule is OC1C[C@@H](CI)[C@@H](CC(F)(F)C(F)(F)C(F)(F)C(F)(F)F)C1. The minimum absolute atomic E-state index is 0.0188. The van der Waals surface area contributed by atoms with Gasteiger partial charge in [0.1, 0.15) is 0 Å². The van der Waals surface area contributed by atoms with E-state index in [4.69, 9.17) is 0 Å². The molecule has 0 aromatic carbocycles. The van der Waals surface area contributed by atoms with Crippen LogP contribution in [0.3, 0.4) is 0 Å². The van der Waals surface area contributed by atoms with E-state index in [1.54, 1.807) is 22.6 Å². The van der Waals surface area contributed by atoms with Crippen molar-refractivity contribution in [2.75, 3.05) is 4.43 Å². The summed E-state index contributed by atoms with van der Waals surface area (Å²) in [6.45, 7) is 0. The molecule has 0 spiro atoms. The summed E-state index contributed by atoms with van der Waals surface area (Å²) < 4.78 is 115. The van der Waals surface area contributed by atoms with E-state index in [1.165, 1.54) is 0 Å². The number of aliphatic hydroxyl groups excluding tert-OH is 1. The van der Waals surface area contributed by atoms with Gasteiger partial charge in [-0.3, -0.25) is 0 Å². The van der Waals surface area contributed by atoms with Crippen molar-refractivity contribution in [2.24, 2.45) is 11.8 Å². The van der Waals surface area contributed by atoms with Gasteiger partial charge in [0, 0.05) is 10.8 Å². The molecule has 0 aliphatic heterocycles. The molecule has 0 heterocycles. The lowest BCUT2D eigenvalue weighted by Gasteiger charge is -2.35. The highest BCUT2D eigenvalue weighted by Crippen LogP contribution is 2.55. The zero-order valence-corrected chi connectivity index (χ0v) is 12.9. The maximum atomic E-state index is 13.5. The van der Waals surface area contributed by atoms with Gasteiger partial charge in [-0.25, -0.2) is 0 Å². The Labute approximate surface area is 133 Å². The molecule has 3 atom stereocenters. The molecule has 22 heavy (non-hydrogen) atoms. The molecule has 0 saturated heterocycles. The van der Waals surface area contributed by atoms with Crippen molar-refractivity contribution in [1.29, 1.82) is 0 Å². The van der Waals surface area contributed by atoms with Gasteiger partial charge in [-0.1, -0.05) is 22.6 Å². The van der Waals surface area contributed by atoms with Gasteiger partial charge < -0.3 is 5.11 Å². The molecule has 132 valence electrons. The molecule has 1 saturated carbocycles. The van der Waals surface area contributed by atoms with Gasteiger partial charge in [0.15, 0.2) is 0 Å². The van der Waals surface area contributed by atoms with Crippen LogP contribution in [0.5, 0.6) is 0 Å². The Morgan fingerprint density at radius 3 is 1.68 bits per heavy atom. The van der Waals surface area contributed by atoms with E-state index in [9.17, 15) is 44.6 Å². The van der Waals surface area contributed by atoms with Crippen molar-refractivity contribution in [3.8, 4) is 0 Å². The van der Waals surface area contributed by atoms with E-state index >= 15 is 0 Å². The first-order valence-electron chi connectivity index (χ1n) is 6.11. The molecule has 0 bridgehead atoms. The smallest absolute Gasteiger partial charge is 0.393 e. The third-order valence-electron chi connectivity index (χ3n) is 3.74. The summed E-state index contributed by atoms with van der Waals surface area (Å²) in [4.78, 5) is 0. The molecule has 0 aromatic rings. The van der Waals surface area contributed by atoms with Crippen LogP contribution >= 0.6 is 22.6 Å². The van der Waals surface area contributed by atoms with Crippen molar-refractivity contribution >= 4 is 22.6 Å². The van der Waals surface area contributed by atoms with Gasteiger partial charge in [-0.2, -0.15) is 39.5 Å². The second-order valence-corrected chi connectivity index (χ2v) is 6.24. The molecule has 1 aliphatic carbocycles. The van der Waals surface area contributed by atoms with Gasteiger partial charge >= 0.3 is 23.9 Å². The lowest BCUT2D eigenvalue weighted by atomic mass is 9.87. The van der Waals surface area contributed by atoms with Gasteiger partial charge in [-0.15, -0.1) is 0 Å². The standard InChI is InChI=1S/C11H12F9IO/c12-8(13,3-5-1-7(22)2-6(5)4-21)9(14,15)10(16,17)11(18,19)20/h5-7,22H,1-4H2/t5-,6+,7?/m1/s1. The van der Waals surface area contributed by atoms with Crippen molar-refractivity contribution < 1.29 is 44.6 Å². The van der Waals surface area contributed by atoms with Gasteiger partial charge in [0.2, 0.25) is 0 Å². The Hall–Kier alpha value is 0.0600. The fraction of sp³-hybridized carbons (Fsp3) is 1.00. The van der Waals surface area contributed by atoms with Gasteiger partial charge in [0.25, 0.3) is 0 Å². The molecule has 1 nitrogen and oxygen atoms in total. The minimum Gasteiger partial charge on any atom is -0.393 e. The zero-order chi connectivity index (χ0) is 17.6. The number of hydrogen-bond acceptors (Lipinski definition) is 1. The summed E-state index contributed by atoms with van der Waals surface area (Å²) in [6.07, 6.45) is -10.0. The minimum atomic E-state index is -6.85. The number of rotatable bonds is 5. The number of hydrogen-bond donors (Lipinski definition) is 1. The maximum absolute atomic E-state index is 13.5. The van der Waals surface area contributed by atoms with Crippen molar-refractivity contribution in [3.63, 3.8) is 0 Å². The highest BCUT2D eigenvalue weighted by molar-refractivity contribution is 14.1. The van der Waals surface area contributed by atoms with Crippen LogP contribution in [-0.2, 0) is 0 Å². The molecule has 1 unspecified atom stereocenters. The predicted molar refractivity (Wildman–Crippen MR) is 66.6 cm³/mol. The fourth-order valence-corrected chi connectivity index (χ4v) is 3.56. The third kappa shape index (κ3) is 3.44. The third-order valence-corrected chi connectivity index (χ3v) is 4.87. The number of aliphatic hydroxyl groups is 1. The average molecular weight is 458 g/mol. The normalized spacial score (nSPS) is 28.2. The Bertz CT molecular complexity index is 396. The molecule has 0 radical (unpaired) electrons. The van der Waals surface area contributed by atoms with Crippen molar-refractivity contribution in [1.82, 2.24) is 0 Å². The number of alkyl halides is 10. The van der Waals surface area contributed by atoms with Crippen molar-refractivity contribution in [2.45, 2.75) is 49.3 Å². The first-order chi connectivity index (χ1) is 9.67. The van der Waals surface area contributed by atoms with Crippen LogP contribution in [0, 0.1) is 11.8 Å². The fourth-order valence-electron chi connectivity index (χ4n) is 2.48. The summed E-state index contributed by atoms with van der Waals surface area (Å²) >= 11 is 1.74. The van der Waals surface area contributed by atoms with Crippen LogP contribution < -0.4 is 0 Å². The first-order valence-corrected chi connectivity index (χ1v) is 7.64. The topological polar surface area (TPSA) is 20.2 Å². The molecular formula is C11H12F9IO. The summed E-state index contributed by atoms with van der Waals surface area (Å²) in [5, 5.41) is 9.33. The Morgan fingerprint density at radius 1 is 0.818 bits per heavy atom. The molecule has 1 fully saturated rings. The maximum Gasteiger partial charge on any atom is 0.460 e. The van der Waals surface area contributed by atoms with E-state index in [2.05, 4.69) is 0 Å². The molecule has 1 N–H and O–H groups in total. The Balaban J connectivity index is 3.02. The lowest BCUT2D eigenvalue weighted by molar-refractivity contribution is -0.398. The molecule has 11 heteroatoms. The molecular weight excluding hydrogens is 446 g/mol. The number of halogens is 10. The highest BCUT2D eigenvalue weighted by Gasteiger charge is 2.81. The average Bonchev–Trinajstić information content (AvgIpc) is 2.66. The van der Waals surface area contributed by atoms with Crippen LogP contribution in [-0.4, -0.2) is 39.6 Å². The van der Waals surface area contributed by atoms with Crippen LogP contribution in [0.1, 0.15) is 19.3 Å². The summed E-state index contributed by atoms with van der Waals surface area (Å²) in [5.74, 6) is -20.9. The van der Waals surface area contributed by atoms with Crippen LogP contribution in [0.25, 0.3) is 0 Å². The van der Waals surface area contributed by atoms with Crippen LogP contribution in [0.2, 0.25) is 0 Å². The van der Waals surface area contributed by atoms with E-state index < -0.39 is 48.3 Å². The summed E-state index contributed by atoms with van der Waals surface area (Å²) in [6, 6.07) is 0. The Kier molecular flexibility index (Phi) is 5.64. The van der Waals surface area contributed by atoms with Crippen LogP contribution in [0.15, 0.2) is 0 Å². The monoisotopic (exact) mass is 458 g/mol. The highest BCUT2D eigenvalue weighted by atomic mass is 127. The van der Waals surface area contributed by atoms with Gasteiger partial charge in [-0.05, 0) is 24.7 Å². The largest absolute Gasteiger partial charge is 0.460 e. The Morgan fingerprint density at radius 2 is 1.27 bits per heavy atom. The van der Waals surface area contributed by atoms with Gasteiger partial charge in [0.05, 0.1) is 6.10 Å². The second kappa shape index (κ2) is 6.17. The van der Waals surface area contributed by atoms with E-state index in [-0.39, 0.29) is 17.3 Å². The quantitative estimate of drug-likeness (QED) is 0.361. The van der Waals surface area contributed by atoms with Crippen molar-refractivity contribution in [3.05, 3.63) is 0 Å². The predicted octanol–water partition coefficient (Wildman–Crippen LogP) is 4.67. The van der Waals surface area contributed by atoms with Crippen LogP contribution in [0.4, 0.5) is 39.5 Å². The van der Waals surface area contributed by atoms with E-state index in [0.29, 0.717) is 0 Å². The van der Waals surface area contributed by atoms with E-state index in [1.807, 2.05) is 0 Å². The molecule has 0 amide bonds. The summed E-state index contributed by atoms with van der Waals surface area (Å²) in [7, 11) is 0. The molecule has 1 aliphatic rings. The lowest BCUT2D eigenvalue weighted by Crippen LogP contribution is -2.61. The second-order valence-electron chi connectivity index (χ2n) is 5.35. The summed E-state index contributed by atoms with van der Waals surface area (Å²) in [5.41, 5.74) is 0. The first kappa shape index (κ1) is 20.1. The van der Waals surface area contributed by atoms with E-state index in [0.717, 1.165) is 0 Å².